The third-order valence-electron chi connectivity index (χ3n) is 4.20. The number of rotatable bonds is 2. The number of sulfonamides is 1. The lowest BCUT2D eigenvalue weighted by Crippen LogP contribution is -2.51. The fourth-order valence-electron chi connectivity index (χ4n) is 3.15. The van der Waals surface area contributed by atoms with Gasteiger partial charge in [-0.15, -0.1) is 0 Å². The third kappa shape index (κ3) is 3.65. The van der Waals surface area contributed by atoms with E-state index in [0.29, 0.717) is 17.4 Å². The number of hydrogen-bond donors (Lipinski definition) is 0. The molecule has 7 nitrogen and oxygen atoms in total. The van der Waals surface area contributed by atoms with Gasteiger partial charge in [0, 0.05) is 25.3 Å². The molecule has 2 atom stereocenters. The number of aromatic nitrogens is 1. The minimum atomic E-state index is -3.69. The van der Waals surface area contributed by atoms with Gasteiger partial charge in [-0.2, -0.15) is 4.31 Å². The van der Waals surface area contributed by atoms with E-state index in [9.17, 15) is 13.2 Å². The average molecular weight is 453 g/mol. The number of fused-ring (bicyclic) bond motifs is 2. The van der Waals surface area contributed by atoms with Crippen LogP contribution in [0, 0.1) is 0 Å². The Morgan fingerprint density at radius 2 is 2.04 bits per heavy atom. The molecule has 3 heterocycles. The van der Waals surface area contributed by atoms with Crippen LogP contribution in [0.15, 0.2) is 21.6 Å². The topological polar surface area (TPSA) is 79.8 Å². The first-order valence-electron chi connectivity index (χ1n) is 7.81. The molecule has 0 spiro atoms. The summed E-state index contributed by atoms with van der Waals surface area (Å²) in [7, 11) is -3.69. The third-order valence-corrected chi connectivity index (χ3v) is 7.21. The highest BCUT2D eigenvalue weighted by atomic mass is 79.9. The van der Waals surface area contributed by atoms with E-state index in [2.05, 4.69) is 20.9 Å². The zero-order valence-corrected chi connectivity index (χ0v) is 17.2. The largest absolute Gasteiger partial charge is 0.444 e. The minimum Gasteiger partial charge on any atom is -0.444 e. The van der Waals surface area contributed by atoms with Crippen LogP contribution in [0.1, 0.15) is 27.2 Å². The maximum atomic E-state index is 12.9. The van der Waals surface area contributed by atoms with Crippen molar-refractivity contribution in [2.75, 3.05) is 13.1 Å². The Kier molecular flexibility index (Phi) is 4.81. The Morgan fingerprint density at radius 3 is 2.56 bits per heavy atom. The molecular weight excluding hydrogens is 434 g/mol. The fraction of sp³-hybridized carbons (Fsp3) is 0.600. The number of pyridine rings is 1. The second-order valence-corrected chi connectivity index (χ2v) is 10.3. The summed E-state index contributed by atoms with van der Waals surface area (Å²) in [5.41, 5.74) is -0.577. The molecular formula is C15H19BrClN3O4S. The number of carbonyl (C=O) groups is 1. The van der Waals surface area contributed by atoms with Crippen LogP contribution in [-0.2, 0) is 14.8 Å². The number of piperazine rings is 1. The van der Waals surface area contributed by atoms with Gasteiger partial charge >= 0.3 is 6.09 Å². The Morgan fingerprint density at radius 1 is 1.36 bits per heavy atom. The molecule has 2 aliphatic rings. The van der Waals surface area contributed by atoms with Gasteiger partial charge in [0.15, 0.2) is 0 Å². The van der Waals surface area contributed by atoms with Gasteiger partial charge in [-0.1, -0.05) is 11.6 Å². The van der Waals surface area contributed by atoms with Crippen molar-refractivity contribution in [1.82, 2.24) is 14.2 Å². The highest BCUT2D eigenvalue weighted by molar-refractivity contribution is 9.10. The standard InChI is InChI=1S/C15H19BrClN3O4S/c1-15(2,3)24-14(21)19-7-10-4-9(19)8-20(10)25(22,23)11-5-12(16)13(17)18-6-11/h5-6,9-10H,4,7-8H2,1-3H3/t9-,10-/m1/s1. The van der Waals surface area contributed by atoms with Crippen molar-refractivity contribution in [2.45, 2.75) is 49.8 Å². The van der Waals surface area contributed by atoms with E-state index in [1.807, 2.05) is 0 Å². The molecule has 3 rings (SSSR count). The van der Waals surface area contributed by atoms with E-state index in [-0.39, 0.29) is 28.7 Å². The summed E-state index contributed by atoms with van der Waals surface area (Å²) in [6, 6.07) is 1.03. The van der Waals surface area contributed by atoms with Crippen molar-refractivity contribution in [3.05, 3.63) is 21.9 Å². The van der Waals surface area contributed by atoms with Crippen LogP contribution >= 0.6 is 27.5 Å². The number of nitrogens with zero attached hydrogens (tertiary/aromatic N) is 3. The average Bonchev–Trinajstić information content (AvgIpc) is 3.08. The maximum Gasteiger partial charge on any atom is 0.410 e. The molecule has 0 unspecified atom stereocenters. The Balaban J connectivity index is 1.76. The molecule has 0 saturated carbocycles. The van der Waals surface area contributed by atoms with Crippen molar-refractivity contribution in [3.8, 4) is 0 Å². The van der Waals surface area contributed by atoms with Crippen LogP contribution in [-0.4, -0.2) is 59.5 Å². The quantitative estimate of drug-likeness (QED) is 0.645. The van der Waals surface area contributed by atoms with E-state index >= 15 is 0 Å². The molecule has 1 amide bonds. The fourth-order valence-corrected chi connectivity index (χ4v) is 5.39. The minimum absolute atomic E-state index is 0.0835. The van der Waals surface area contributed by atoms with Gasteiger partial charge in [-0.05, 0) is 49.2 Å². The molecule has 1 aromatic rings. The van der Waals surface area contributed by atoms with E-state index in [1.165, 1.54) is 16.6 Å². The van der Waals surface area contributed by atoms with Crippen LogP contribution in [0.2, 0.25) is 5.15 Å². The van der Waals surface area contributed by atoms with Crippen molar-refractivity contribution in [3.63, 3.8) is 0 Å². The van der Waals surface area contributed by atoms with E-state index < -0.39 is 21.7 Å². The van der Waals surface area contributed by atoms with Gasteiger partial charge in [0.2, 0.25) is 10.0 Å². The Bertz CT molecular complexity index is 811. The predicted octanol–water partition coefficient (Wildman–Crippen LogP) is 2.88. The molecule has 1 aromatic heterocycles. The van der Waals surface area contributed by atoms with Crippen molar-refractivity contribution in [1.29, 1.82) is 0 Å². The van der Waals surface area contributed by atoms with Gasteiger partial charge in [0.05, 0.1) is 10.5 Å². The molecule has 0 aromatic carbocycles. The molecule has 2 saturated heterocycles. The summed E-state index contributed by atoms with van der Waals surface area (Å²) >= 11 is 9.03. The monoisotopic (exact) mass is 451 g/mol. The lowest BCUT2D eigenvalue weighted by Gasteiger charge is -2.34. The summed E-state index contributed by atoms with van der Waals surface area (Å²) in [5.74, 6) is 0. The predicted molar refractivity (Wildman–Crippen MR) is 96.0 cm³/mol. The SMILES string of the molecule is CC(C)(C)OC(=O)N1C[C@H]2C[C@@H]1CN2S(=O)(=O)c1cnc(Cl)c(Br)c1. The van der Waals surface area contributed by atoms with Crippen molar-refractivity contribution in [2.24, 2.45) is 0 Å². The normalized spacial score (nSPS) is 24.0. The van der Waals surface area contributed by atoms with E-state index in [1.54, 1.807) is 25.7 Å². The molecule has 2 bridgehead atoms. The van der Waals surface area contributed by atoms with Crippen LogP contribution in [0.3, 0.4) is 0 Å². The highest BCUT2D eigenvalue weighted by Gasteiger charge is 2.50. The van der Waals surface area contributed by atoms with Crippen molar-refractivity contribution < 1.29 is 17.9 Å². The first-order valence-corrected chi connectivity index (χ1v) is 10.4. The zero-order chi connectivity index (χ0) is 18.6. The summed E-state index contributed by atoms with van der Waals surface area (Å²) in [6.45, 7) is 6.01. The summed E-state index contributed by atoms with van der Waals surface area (Å²) in [5, 5.41) is 0.206. The summed E-state index contributed by atoms with van der Waals surface area (Å²) < 4.78 is 33.0. The number of amides is 1. The molecule has 138 valence electrons. The summed E-state index contributed by atoms with van der Waals surface area (Å²) in [6.07, 6.45) is 1.47. The van der Waals surface area contributed by atoms with Crippen LogP contribution < -0.4 is 0 Å². The van der Waals surface area contributed by atoms with Gasteiger partial charge in [-0.3, -0.25) is 0 Å². The highest BCUT2D eigenvalue weighted by Crippen LogP contribution is 2.36. The second-order valence-electron chi connectivity index (χ2n) is 7.19. The maximum absolute atomic E-state index is 12.9. The number of halogens is 2. The van der Waals surface area contributed by atoms with Gasteiger partial charge < -0.3 is 9.64 Å². The first kappa shape index (κ1) is 18.9. The number of hydrogen-bond acceptors (Lipinski definition) is 5. The van der Waals surface area contributed by atoms with Crippen LogP contribution in [0.5, 0.6) is 0 Å². The van der Waals surface area contributed by atoms with Gasteiger partial charge in [0.1, 0.15) is 15.6 Å². The molecule has 25 heavy (non-hydrogen) atoms. The zero-order valence-electron chi connectivity index (χ0n) is 14.1. The molecule has 0 aliphatic carbocycles. The van der Waals surface area contributed by atoms with Crippen LogP contribution in [0.4, 0.5) is 4.79 Å². The lowest BCUT2D eigenvalue weighted by molar-refractivity contribution is 0.0173. The van der Waals surface area contributed by atoms with Crippen LogP contribution in [0.25, 0.3) is 0 Å². The number of likely N-dealkylation sites (tertiary alicyclic amines) is 1. The molecule has 2 fully saturated rings. The van der Waals surface area contributed by atoms with Gasteiger partial charge in [0.25, 0.3) is 0 Å². The van der Waals surface area contributed by atoms with Crippen molar-refractivity contribution >= 4 is 43.6 Å². The van der Waals surface area contributed by atoms with Gasteiger partial charge in [-0.25, -0.2) is 18.2 Å². The second kappa shape index (κ2) is 6.37. The van der Waals surface area contributed by atoms with E-state index in [4.69, 9.17) is 16.3 Å². The molecule has 10 heteroatoms. The lowest BCUT2D eigenvalue weighted by atomic mass is 10.2. The molecule has 0 N–H and O–H groups in total. The number of carbonyl (C=O) groups excluding carboxylic acids is 1. The smallest absolute Gasteiger partial charge is 0.410 e. The Labute approximate surface area is 160 Å². The summed E-state index contributed by atoms with van der Waals surface area (Å²) in [4.78, 5) is 17.9. The Hall–Kier alpha value is -0.900. The number of ether oxygens (including phenoxy) is 1. The molecule has 2 aliphatic heterocycles. The molecule has 0 radical (unpaired) electrons. The van der Waals surface area contributed by atoms with E-state index in [0.717, 1.165) is 0 Å². The first-order chi connectivity index (χ1) is 11.5.